The van der Waals surface area contributed by atoms with Crippen molar-refractivity contribution in [2.75, 3.05) is 18.5 Å². The number of hydrogen-bond donors (Lipinski definition) is 1. The molecule has 1 N–H and O–H groups in total. The lowest BCUT2D eigenvalue weighted by Gasteiger charge is -2.09. The molecule has 0 aromatic heterocycles. The van der Waals surface area contributed by atoms with Gasteiger partial charge in [-0.15, -0.1) is 0 Å². The fourth-order valence-electron chi connectivity index (χ4n) is 1.48. The fraction of sp³-hybridized carbons (Fsp3) is 0.250. The Labute approximate surface area is 107 Å². The lowest BCUT2D eigenvalue weighted by Crippen LogP contribution is -2.08. The van der Waals surface area contributed by atoms with E-state index in [1.807, 2.05) is 12.1 Å². The highest BCUT2D eigenvalue weighted by Crippen LogP contribution is 2.24. The summed E-state index contributed by atoms with van der Waals surface area (Å²) in [7, 11) is 0. The summed E-state index contributed by atoms with van der Waals surface area (Å²) in [4.78, 5) is 13.5. The Kier molecular flexibility index (Phi) is 4.15. The highest BCUT2D eigenvalue weighted by atomic mass is 79.9. The molecule has 1 amide bonds. The van der Waals surface area contributed by atoms with Crippen molar-refractivity contribution in [1.82, 2.24) is 0 Å². The van der Waals surface area contributed by atoms with Gasteiger partial charge in [-0.05, 0) is 17.0 Å². The van der Waals surface area contributed by atoms with Crippen LogP contribution in [-0.4, -0.2) is 19.1 Å². The number of anilines is 1. The van der Waals surface area contributed by atoms with Gasteiger partial charge < -0.3 is 14.8 Å². The van der Waals surface area contributed by atoms with Gasteiger partial charge in [-0.3, -0.25) is 4.79 Å². The van der Waals surface area contributed by atoms with Gasteiger partial charge in [0.05, 0.1) is 13.2 Å². The largest absolute Gasteiger partial charge is 0.346 e. The predicted octanol–water partition coefficient (Wildman–Crippen LogP) is 2.03. The van der Waals surface area contributed by atoms with E-state index < -0.39 is 0 Å². The smallest absolute Gasteiger partial charge is 0.301 e. The minimum Gasteiger partial charge on any atom is -0.346 e. The highest BCUT2D eigenvalue weighted by molar-refractivity contribution is 9.12. The molecule has 1 aromatic carbocycles. The van der Waals surface area contributed by atoms with E-state index in [0.29, 0.717) is 18.9 Å². The summed E-state index contributed by atoms with van der Waals surface area (Å²) in [6.07, 6.45) is -0.290. The van der Waals surface area contributed by atoms with E-state index in [9.17, 15) is 4.79 Å². The number of carbonyl (C=O) groups excluding carboxylic acids is 1. The summed E-state index contributed by atoms with van der Waals surface area (Å²) in [6, 6.07) is 7.28. The molecule has 5 heteroatoms. The Bertz CT molecular complexity index is 455. The lowest BCUT2D eigenvalue weighted by atomic mass is 10.2. The van der Waals surface area contributed by atoms with Crippen molar-refractivity contribution in [3.05, 3.63) is 29.8 Å². The second-order valence-electron chi connectivity index (χ2n) is 3.37. The van der Waals surface area contributed by atoms with Gasteiger partial charge in [0.25, 0.3) is 0 Å². The zero-order chi connectivity index (χ0) is 12.1. The van der Waals surface area contributed by atoms with Crippen LogP contribution in [0.15, 0.2) is 24.3 Å². The lowest BCUT2D eigenvalue weighted by molar-refractivity contribution is -0.111. The SMILES string of the molecule is O=C(C#CBr)Nc1ccc(C2OCCO2)cc1. The third-order valence-electron chi connectivity index (χ3n) is 2.22. The van der Waals surface area contributed by atoms with Gasteiger partial charge >= 0.3 is 5.91 Å². The van der Waals surface area contributed by atoms with E-state index in [2.05, 4.69) is 32.0 Å². The molecule has 2 rings (SSSR count). The quantitative estimate of drug-likeness (QED) is 0.849. The van der Waals surface area contributed by atoms with Crippen LogP contribution >= 0.6 is 15.9 Å². The van der Waals surface area contributed by atoms with E-state index in [0.717, 1.165) is 5.56 Å². The molecular formula is C12H10BrNO3. The molecule has 4 nitrogen and oxygen atoms in total. The van der Waals surface area contributed by atoms with Crippen LogP contribution in [0, 0.1) is 10.8 Å². The van der Waals surface area contributed by atoms with Gasteiger partial charge in [0.1, 0.15) is 0 Å². The minimum atomic E-state index is -0.358. The molecule has 1 aromatic rings. The normalized spacial score (nSPS) is 15.1. The van der Waals surface area contributed by atoms with Crippen LogP contribution in [0.5, 0.6) is 0 Å². The second kappa shape index (κ2) is 5.82. The number of hydrogen-bond acceptors (Lipinski definition) is 3. The van der Waals surface area contributed by atoms with Gasteiger partial charge in [-0.25, -0.2) is 0 Å². The average molecular weight is 296 g/mol. The first-order chi connectivity index (χ1) is 8.29. The van der Waals surface area contributed by atoms with E-state index >= 15 is 0 Å². The van der Waals surface area contributed by atoms with Gasteiger partial charge in [-0.1, -0.05) is 12.1 Å². The first-order valence-electron chi connectivity index (χ1n) is 5.05. The first kappa shape index (κ1) is 12.1. The molecule has 0 saturated carbocycles. The van der Waals surface area contributed by atoms with Gasteiger partial charge in [0, 0.05) is 33.1 Å². The number of benzene rings is 1. The van der Waals surface area contributed by atoms with Gasteiger partial charge in [0.15, 0.2) is 6.29 Å². The monoisotopic (exact) mass is 295 g/mol. The number of carbonyl (C=O) groups is 1. The number of ether oxygens (including phenoxy) is 2. The van der Waals surface area contributed by atoms with Crippen molar-refractivity contribution in [2.24, 2.45) is 0 Å². The van der Waals surface area contributed by atoms with E-state index in [-0.39, 0.29) is 12.2 Å². The van der Waals surface area contributed by atoms with E-state index in [1.165, 1.54) is 0 Å². The third-order valence-corrected chi connectivity index (χ3v) is 2.42. The van der Waals surface area contributed by atoms with Crippen molar-refractivity contribution in [1.29, 1.82) is 0 Å². The number of rotatable bonds is 2. The Morgan fingerprint density at radius 1 is 1.29 bits per heavy atom. The number of amides is 1. The first-order valence-corrected chi connectivity index (χ1v) is 5.84. The number of halogens is 1. The maximum absolute atomic E-state index is 11.2. The summed E-state index contributed by atoms with van der Waals surface area (Å²) < 4.78 is 10.7. The zero-order valence-corrected chi connectivity index (χ0v) is 10.5. The fourth-order valence-corrected chi connectivity index (χ4v) is 1.66. The maximum Gasteiger partial charge on any atom is 0.301 e. The molecule has 1 saturated heterocycles. The Morgan fingerprint density at radius 3 is 2.53 bits per heavy atom. The summed E-state index contributed by atoms with van der Waals surface area (Å²) in [5.41, 5.74) is 1.62. The van der Waals surface area contributed by atoms with Crippen molar-refractivity contribution >= 4 is 27.5 Å². The second-order valence-corrected chi connectivity index (χ2v) is 3.77. The zero-order valence-electron chi connectivity index (χ0n) is 8.90. The van der Waals surface area contributed by atoms with Crippen molar-refractivity contribution in [2.45, 2.75) is 6.29 Å². The summed E-state index contributed by atoms with van der Waals surface area (Å²) in [5, 5.41) is 2.64. The molecule has 88 valence electrons. The molecule has 1 aliphatic heterocycles. The highest BCUT2D eigenvalue weighted by Gasteiger charge is 2.17. The predicted molar refractivity (Wildman–Crippen MR) is 66.4 cm³/mol. The summed E-state index contributed by atoms with van der Waals surface area (Å²) >= 11 is 2.86. The average Bonchev–Trinajstić information content (AvgIpc) is 2.84. The Balaban J connectivity index is 2.01. The van der Waals surface area contributed by atoms with Crippen molar-refractivity contribution in [3.8, 4) is 10.8 Å². The van der Waals surface area contributed by atoms with Crippen LogP contribution in [0.1, 0.15) is 11.9 Å². The third kappa shape index (κ3) is 3.30. The standard InChI is InChI=1S/C12H10BrNO3/c13-6-5-11(15)14-10-3-1-9(2-4-10)12-16-7-8-17-12/h1-4,12H,7-8H2,(H,14,15). The summed E-state index contributed by atoms with van der Waals surface area (Å²) in [6.45, 7) is 1.23. The molecule has 17 heavy (non-hydrogen) atoms. The molecule has 0 radical (unpaired) electrons. The molecule has 1 fully saturated rings. The molecule has 0 spiro atoms. The van der Waals surface area contributed by atoms with Crippen LogP contribution in [0.4, 0.5) is 5.69 Å². The molecule has 0 aliphatic carbocycles. The van der Waals surface area contributed by atoms with Crippen LogP contribution in [0.3, 0.4) is 0 Å². The van der Waals surface area contributed by atoms with Crippen LogP contribution in [-0.2, 0) is 14.3 Å². The van der Waals surface area contributed by atoms with Crippen molar-refractivity contribution < 1.29 is 14.3 Å². The molecule has 0 atom stereocenters. The topological polar surface area (TPSA) is 47.6 Å². The molecule has 1 heterocycles. The molecule has 0 bridgehead atoms. The Morgan fingerprint density at radius 2 is 1.94 bits per heavy atom. The summed E-state index contributed by atoms with van der Waals surface area (Å²) in [5.74, 6) is 1.97. The molecule has 0 unspecified atom stereocenters. The molecular weight excluding hydrogens is 286 g/mol. The van der Waals surface area contributed by atoms with Crippen LogP contribution < -0.4 is 5.32 Å². The van der Waals surface area contributed by atoms with Gasteiger partial charge in [-0.2, -0.15) is 0 Å². The maximum atomic E-state index is 11.2. The van der Waals surface area contributed by atoms with E-state index in [4.69, 9.17) is 9.47 Å². The van der Waals surface area contributed by atoms with Crippen molar-refractivity contribution in [3.63, 3.8) is 0 Å². The van der Waals surface area contributed by atoms with Crippen LogP contribution in [0.2, 0.25) is 0 Å². The van der Waals surface area contributed by atoms with Crippen LogP contribution in [0.25, 0.3) is 0 Å². The molecule has 1 aliphatic rings. The van der Waals surface area contributed by atoms with E-state index in [1.54, 1.807) is 12.1 Å². The van der Waals surface area contributed by atoms with Gasteiger partial charge in [0.2, 0.25) is 0 Å². The number of nitrogens with one attached hydrogen (secondary N) is 1. The Hall–Kier alpha value is -1.35. The minimum absolute atomic E-state index is 0.290.